The van der Waals surface area contributed by atoms with Gasteiger partial charge in [0.2, 0.25) is 0 Å². The first-order chi connectivity index (χ1) is 10.1. The van der Waals surface area contributed by atoms with Gasteiger partial charge in [-0.2, -0.15) is 0 Å². The van der Waals surface area contributed by atoms with E-state index in [-0.39, 0.29) is 11.9 Å². The van der Waals surface area contributed by atoms with Crippen molar-refractivity contribution in [1.29, 1.82) is 0 Å². The Bertz CT molecular complexity index is 583. The first-order valence-corrected chi connectivity index (χ1v) is 7.79. The van der Waals surface area contributed by atoms with Gasteiger partial charge in [0.25, 0.3) is 0 Å². The van der Waals surface area contributed by atoms with Crippen LogP contribution in [-0.2, 0) is 6.61 Å². The minimum absolute atomic E-state index is 0.266. The molecule has 1 unspecified atom stereocenters. The zero-order valence-electron chi connectivity index (χ0n) is 12.2. The Hall–Kier alpha value is -1.39. The Morgan fingerprint density at radius 3 is 2.76 bits per heavy atom. The molecule has 0 bridgehead atoms. The third-order valence-electron chi connectivity index (χ3n) is 3.20. The van der Waals surface area contributed by atoms with E-state index in [1.807, 2.05) is 24.3 Å². The maximum atomic E-state index is 13.3. The fourth-order valence-corrected chi connectivity index (χ4v) is 2.67. The molecule has 0 heterocycles. The molecule has 0 aliphatic heterocycles. The van der Waals surface area contributed by atoms with Crippen molar-refractivity contribution in [2.24, 2.45) is 0 Å². The van der Waals surface area contributed by atoms with Crippen LogP contribution in [0.3, 0.4) is 0 Å². The summed E-state index contributed by atoms with van der Waals surface area (Å²) in [6.07, 6.45) is 0. The molecular formula is C17H19BrFNO. The number of hydrogen-bond acceptors (Lipinski definition) is 2. The molecule has 21 heavy (non-hydrogen) atoms. The van der Waals surface area contributed by atoms with E-state index in [1.165, 1.54) is 17.7 Å². The van der Waals surface area contributed by atoms with Crippen LogP contribution in [0.5, 0.6) is 5.75 Å². The molecule has 1 atom stereocenters. The molecule has 4 heteroatoms. The summed E-state index contributed by atoms with van der Waals surface area (Å²) >= 11 is 3.28. The number of hydrogen-bond donors (Lipinski definition) is 1. The normalized spacial score (nSPS) is 12.2. The van der Waals surface area contributed by atoms with Crippen LogP contribution in [0, 0.1) is 5.82 Å². The largest absolute Gasteiger partial charge is 0.489 e. The maximum Gasteiger partial charge on any atom is 0.124 e. The summed E-state index contributed by atoms with van der Waals surface area (Å²) in [5.74, 6) is 0.523. The molecule has 0 radical (unpaired) electrons. The molecule has 0 aliphatic rings. The maximum absolute atomic E-state index is 13.3. The predicted molar refractivity (Wildman–Crippen MR) is 87.0 cm³/mol. The topological polar surface area (TPSA) is 21.3 Å². The van der Waals surface area contributed by atoms with Crippen LogP contribution >= 0.6 is 15.9 Å². The highest BCUT2D eigenvalue weighted by atomic mass is 79.9. The monoisotopic (exact) mass is 351 g/mol. The zero-order valence-corrected chi connectivity index (χ0v) is 13.8. The van der Waals surface area contributed by atoms with Gasteiger partial charge in [-0.05, 0) is 54.9 Å². The van der Waals surface area contributed by atoms with Crippen LogP contribution in [0.1, 0.15) is 31.0 Å². The van der Waals surface area contributed by atoms with Crippen molar-refractivity contribution in [3.05, 3.63) is 63.9 Å². The summed E-state index contributed by atoms with van der Waals surface area (Å²) in [6.45, 7) is 5.46. The Morgan fingerprint density at radius 2 is 2.05 bits per heavy atom. The van der Waals surface area contributed by atoms with Gasteiger partial charge in [0, 0.05) is 10.5 Å². The van der Waals surface area contributed by atoms with E-state index in [4.69, 9.17) is 4.74 Å². The van der Waals surface area contributed by atoms with Crippen LogP contribution in [0.4, 0.5) is 4.39 Å². The first kappa shape index (κ1) is 16.0. The van der Waals surface area contributed by atoms with Crippen molar-refractivity contribution >= 4 is 15.9 Å². The third kappa shape index (κ3) is 4.83. The quantitative estimate of drug-likeness (QED) is 0.803. The van der Waals surface area contributed by atoms with Gasteiger partial charge in [-0.15, -0.1) is 0 Å². The van der Waals surface area contributed by atoms with Crippen LogP contribution in [-0.4, -0.2) is 6.54 Å². The second kappa shape index (κ2) is 7.57. The van der Waals surface area contributed by atoms with Gasteiger partial charge in [0.05, 0.1) is 0 Å². The number of rotatable bonds is 6. The fraction of sp³-hybridized carbons (Fsp3) is 0.294. The van der Waals surface area contributed by atoms with Gasteiger partial charge >= 0.3 is 0 Å². The van der Waals surface area contributed by atoms with Gasteiger partial charge < -0.3 is 10.1 Å². The summed E-state index contributed by atoms with van der Waals surface area (Å²) in [6, 6.07) is 13.0. The lowest BCUT2D eigenvalue weighted by Crippen LogP contribution is -2.17. The van der Waals surface area contributed by atoms with Crippen molar-refractivity contribution in [2.45, 2.75) is 26.5 Å². The lowest BCUT2D eigenvalue weighted by Gasteiger charge is -2.14. The zero-order chi connectivity index (χ0) is 15.2. The van der Waals surface area contributed by atoms with Gasteiger partial charge in [-0.3, -0.25) is 0 Å². The summed E-state index contributed by atoms with van der Waals surface area (Å²) < 4.78 is 19.8. The van der Waals surface area contributed by atoms with E-state index in [1.54, 1.807) is 0 Å². The molecule has 0 saturated carbocycles. The second-order valence-electron chi connectivity index (χ2n) is 4.92. The van der Waals surface area contributed by atoms with E-state index in [9.17, 15) is 4.39 Å². The lowest BCUT2D eigenvalue weighted by molar-refractivity contribution is 0.305. The molecule has 0 saturated heterocycles. The predicted octanol–water partition coefficient (Wildman–Crippen LogP) is 4.84. The molecule has 1 N–H and O–H groups in total. The van der Waals surface area contributed by atoms with Gasteiger partial charge in [-0.1, -0.05) is 35.0 Å². The van der Waals surface area contributed by atoms with Crippen molar-refractivity contribution in [3.8, 4) is 5.75 Å². The second-order valence-corrected chi connectivity index (χ2v) is 5.83. The molecule has 2 rings (SSSR count). The summed E-state index contributed by atoms with van der Waals surface area (Å²) in [7, 11) is 0. The number of ether oxygens (including phenoxy) is 1. The number of halogens is 2. The van der Waals surface area contributed by atoms with Gasteiger partial charge in [0.15, 0.2) is 0 Å². The Morgan fingerprint density at radius 1 is 1.24 bits per heavy atom. The van der Waals surface area contributed by atoms with Crippen LogP contribution in [0.2, 0.25) is 0 Å². The highest BCUT2D eigenvalue weighted by molar-refractivity contribution is 9.10. The number of nitrogens with one attached hydrogen (secondary N) is 1. The molecule has 0 spiro atoms. The molecular weight excluding hydrogens is 333 g/mol. The van der Waals surface area contributed by atoms with E-state index < -0.39 is 0 Å². The average molecular weight is 352 g/mol. The van der Waals surface area contributed by atoms with Crippen molar-refractivity contribution < 1.29 is 9.13 Å². The molecule has 2 nitrogen and oxygen atoms in total. The third-order valence-corrected chi connectivity index (χ3v) is 3.65. The average Bonchev–Trinajstić information content (AvgIpc) is 2.45. The smallest absolute Gasteiger partial charge is 0.124 e. The summed E-state index contributed by atoms with van der Waals surface area (Å²) in [5, 5.41) is 3.37. The van der Waals surface area contributed by atoms with E-state index in [2.05, 4.69) is 41.2 Å². The minimum atomic E-state index is -0.266. The van der Waals surface area contributed by atoms with Crippen molar-refractivity contribution in [3.63, 3.8) is 0 Å². The van der Waals surface area contributed by atoms with Crippen LogP contribution in [0.25, 0.3) is 0 Å². The Balaban J connectivity index is 2.04. The highest BCUT2D eigenvalue weighted by Crippen LogP contribution is 2.21. The highest BCUT2D eigenvalue weighted by Gasteiger charge is 2.05. The molecule has 112 valence electrons. The molecule has 2 aromatic carbocycles. The van der Waals surface area contributed by atoms with Crippen LogP contribution in [0.15, 0.2) is 46.9 Å². The van der Waals surface area contributed by atoms with E-state index >= 15 is 0 Å². The van der Waals surface area contributed by atoms with Gasteiger partial charge in [-0.25, -0.2) is 4.39 Å². The van der Waals surface area contributed by atoms with E-state index in [0.717, 1.165) is 22.3 Å². The molecule has 0 amide bonds. The molecule has 0 fully saturated rings. The summed E-state index contributed by atoms with van der Waals surface area (Å²) in [4.78, 5) is 0. The Labute approximate surface area is 133 Å². The van der Waals surface area contributed by atoms with Crippen LogP contribution < -0.4 is 10.1 Å². The van der Waals surface area contributed by atoms with E-state index in [0.29, 0.717) is 6.61 Å². The Kier molecular flexibility index (Phi) is 5.76. The van der Waals surface area contributed by atoms with Crippen molar-refractivity contribution in [1.82, 2.24) is 5.32 Å². The lowest BCUT2D eigenvalue weighted by atomic mass is 10.1. The molecule has 2 aromatic rings. The number of benzene rings is 2. The molecule has 0 aromatic heterocycles. The first-order valence-electron chi connectivity index (χ1n) is 6.99. The van der Waals surface area contributed by atoms with Crippen molar-refractivity contribution in [2.75, 3.05) is 6.54 Å². The van der Waals surface area contributed by atoms with Gasteiger partial charge in [0.1, 0.15) is 18.2 Å². The fourth-order valence-electron chi connectivity index (χ4n) is 2.16. The SMILES string of the molecule is CCNC(C)c1cccc(OCc2cc(F)cc(Br)c2)c1. The minimum Gasteiger partial charge on any atom is -0.489 e. The molecule has 0 aliphatic carbocycles. The standard InChI is InChI=1S/C17H19BrFNO/c1-3-20-12(2)14-5-4-6-17(9-14)21-11-13-7-15(18)10-16(19)8-13/h4-10,12,20H,3,11H2,1-2H3. The summed E-state index contributed by atoms with van der Waals surface area (Å²) in [5.41, 5.74) is 1.97.